The fraction of sp³-hybridized carbons (Fsp3) is 0.571. The van der Waals surface area contributed by atoms with E-state index in [-0.39, 0.29) is 12.4 Å². The van der Waals surface area contributed by atoms with Crippen molar-refractivity contribution in [2.24, 2.45) is 5.41 Å². The minimum absolute atomic E-state index is 0. The van der Waals surface area contributed by atoms with Crippen molar-refractivity contribution in [1.29, 1.82) is 0 Å². The lowest BCUT2D eigenvalue weighted by atomic mass is 9.87. The zero-order valence-electron chi connectivity index (χ0n) is 11.7. The molecule has 0 amide bonds. The lowest BCUT2D eigenvalue weighted by Gasteiger charge is -2.21. The van der Waals surface area contributed by atoms with Crippen LogP contribution in [-0.4, -0.2) is 41.2 Å². The second-order valence-corrected chi connectivity index (χ2v) is 5.88. The van der Waals surface area contributed by atoms with Gasteiger partial charge in [0, 0.05) is 13.1 Å². The van der Waals surface area contributed by atoms with Crippen LogP contribution in [0.3, 0.4) is 0 Å². The topological polar surface area (TPSA) is 67.3 Å². The lowest BCUT2D eigenvalue weighted by Crippen LogP contribution is -2.29. The number of hydrogen-bond donors (Lipinski definition) is 1. The van der Waals surface area contributed by atoms with Gasteiger partial charge in [-0.3, -0.25) is 4.90 Å². The predicted octanol–water partition coefficient (Wildman–Crippen LogP) is 1.94. The zero-order chi connectivity index (χ0) is 13.4. The Morgan fingerprint density at radius 2 is 2.33 bits per heavy atom. The average molecular weight is 311 g/mol. The Morgan fingerprint density at radius 1 is 1.38 bits per heavy atom. The van der Waals surface area contributed by atoms with Crippen LogP contribution in [0.2, 0.25) is 0 Å². The number of aromatic nitrogens is 2. The number of hydrogen-bond acceptors (Lipinski definition) is 6. The Kier molecular flexibility index (Phi) is 4.01. The third-order valence-electron chi connectivity index (χ3n) is 4.42. The van der Waals surface area contributed by atoms with Crippen molar-refractivity contribution in [3.05, 3.63) is 24.3 Å². The maximum absolute atomic E-state index is 5.32. The van der Waals surface area contributed by atoms with Crippen LogP contribution in [0.5, 0.6) is 0 Å². The maximum Gasteiger partial charge on any atom is 0.241 e. The number of rotatable bonds is 3. The van der Waals surface area contributed by atoms with E-state index in [0.29, 0.717) is 22.9 Å². The molecular formula is C14H19ClN4O2. The molecule has 0 bridgehead atoms. The van der Waals surface area contributed by atoms with E-state index in [2.05, 4.69) is 20.4 Å². The summed E-state index contributed by atoms with van der Waals surface area (Å²) >= 11 is 0. The number of furan rings is 1. The number of likely N-dealkylation sites (tertiary alicyclic amines) is 1. The second-order valence-electron chi connectivity index (χ2n) is 5.88. The van der Waals surface area contributed by atoms with Crippen molar-refractivity contribution in [2.45, 2.75) is 19.4 Å². The summed E-state index contributed by atoms with van der Waals surface area (Å²) < 4.78 is 10.6. The smallest absolute Gasteiger partial charge is 0.241 e. The molecule has 2 saturated heterocycles. The van der Waals surface area contributed by atoms with Crippen molar-refractivity contribution in [1.82, 2.24) is 20.4 Å². The van der Waals surface area contributed by atoms with Crippen LogP contribution in [0, 0.1) is 5.41 Å². The van der Waals surface area contributed by atoms with Gasteiger partial charge in [-0.15, -0.1) is 12.4 Å². The van der Waals surface area contributed by atoms with Gasteiger partial charge in [-0.1, -0.05) is 5.16 Å². The molecule has 0 saturated carbocycles. The van der Waals surface area contributed by atoms with Crippen LogP contribution in [0.4, 0.5) is 0 Å². The first kappa shape index (κ1) is 14.6. The summed E-state index contributed by atoms with van der Waals surface area (Å²) in [7, 11) is 0. The third-order valence-corrected chi connectivity index (χ3v) is 4.42. The van der Waals surface area contributed by atoms with Crippen LogP contribution >= 0.6 is 12.4 Å². The molecule has 1 N–H and O–H groups in total. The normalized spacial score (nSPS) is 25.5. The van der Waals surface area contributed by atoms with Crippen LogP contribution in [0.1, 0.15) is 18.7 Å². The van der Waals surface area contributed by atoms with Crippen LogP contribution in [-0.2, 0) is 6.54 Å². The van der Waals surface area contributed by atoms with Gasteiger partial charge in [0.15, 0.2) is 5.76 Å². The maximum atomic E-state index is 5.32. The Balaban J connectivity index is 0.00000132. The first-order valence-electron chi connectivity index (χ1n) is 7.13. The van der Waals surface area contributed by atoms with Crippen molar-refractivity contribution < 1.29 is 8.94 Å². The molecule has 7 heteroatoms. The second kappa shape index (κ2) is 5.79. The summed E-state index contributed by atoms with van der Waals surface area (Å²) in [6.07, 6.45) is 4.16. The minimum atomic E-state index is 0. The van der Waals surface area contributed by atoms with E-state index in [1.165, 1.54) is 12.8 Å². The highest BCUT2D eigenvalue weighted by atomic mass is 35.5. The van der Waals surface area contributed by atoms with Crippen molar-refractivity contribution >= 4 is 12.4 Å². The molecule has 2 aliphatic rings. The summed E-state index contributed by atoms with van der Waals surface area (Å²) in [5.74, 6) is 1.85. The number of halogens is 1. The largest absolute Gasteiger partial charge is 0.461 e. The standard InChI is InChI=1S/C14H18N4O2.ClH/c1-2-11(19-7-1)13-16-12(20-17-13)8-18-6-4-14(10-18)3-5-15-9-14;/h1-2,7,15H,3-6,8-10H2;1H. The Labute approximate surface area is 129 Å². The van der Waals surface area contributed by atoms with Gasteiger partial charge in [-0.05, 0) is 43.5 Å². The number of nitrogens with one attached hydrogen (secondary N) is 1. The molecule has 0 aliphatic carbocycles. The first-order chi connectivity index (χ1) is 9.83. The van der Waals surface area contributed by atoms with Crippen LogP contribution in [0.25, 0.3) is 11.6 Å². The van der Waals surface area contributed by atoms with Gasteiger partial charge >= 0.3 is 0 Å². The minimum Gasteiger partial charge on any atom is -0.461 e. The van der Waals surface area contributed by atoms with Crippen molar-refractivity contribution in [3.8, 4) is 11.6 Å². The highest BCUT2D eigenvalue weighted by Crippen LogP contribution is 2.36. The summed E-state index contributed by atoms with van der Waals surface area (Å²) in [5, 5.41) is 7.44. The lowest BCUT2D eigenvalue weighted by molar-refractivity contribution is 0.236. The third kappa shape index (κ3) is 2.84. The van der Waals surface area contributed by atoms with E-state index >= 15 is 0 Å². The van der Waals surface area contributed by atoms with Gasteiger partial charge in [-0.2, -0.15) is 4.98 Å². The van der Waals surface area contributed by atoms with E-state index in [0.717, 1.165) is 32.7 Å². The van der Waals surface area contributed by atoms with Crippen molar-refractivity contribution in [2.75, 3.05) is 26.2 Å². The van der Waals surface area contributed by atoms with E-state index in [1.54, 1.807) is 6.26 Å². The summed E-state index contributed by atoms with van der Waals surface area (Å²) in [6.45, 7) is 5.26. The van der Waals surface area contributed by atoms with E-state index in [1.807, 2.05) is 12.1 Å². The molecule has 114 valence electrons. The van der Waals surface area contributed by atoms with Gasteiger partial charge in [0.05, 0.1) is 12.8 Å². The van der Waals surface area contributed by atoms with Gasteiger partial charge in [-0.25, -0.2) is 0 Å². The number of nitrogens with zero attached hydrogens (tertiary/aromatic N) is 3. The summed E-state index contributed by atoms with van der Waals surface area (Å²) in [4.78, 5) is 6.81. The van der Waals surface area contributed by atoms with Crippen LogP contribution < -0.4 is 5.32 Å². The molecule has 21 heavy (non-hydrogen) atoms. The van der Waals surface area contributed by atoms with Gasteiger partial charge in [0.1, 0.15) is 0 Å². The predicted molar refractivity (Wildman–Crippen MR) is 79.1 cm³/mol. The van der Waals surface area contributed by atoms with E-state index < -0.39 is 0 Å². The fourth-order valence-corrected chi connectivity index (χ4v) is 3.32. The van der Waals surface area contributed by atoms with Gasteiger partial charge in [0.2, 0.25) is 11.7 Å². The molecule has 2 fully saturated rings. The quantitative estimate of drug-likeness (QED) is 0.934. The van der Waals surface area contributed by atoms with Crippen LogP contribution in [0.15, 0.2) is 27.3 Å². The molecule has 4 rings (SSSR count). The molecule has 1 spiro atoms. The van der Waals surface area contributed by atoms with Gasteiger partial charge < -0.3 is 14.3 Å². The van der Waals surface area contributed by atoms with Gasteiger partial charge in [0.25, 0.3) is 0 Å². The monoisotopic (exact) mass is 310 g/mol. The Hall–Kier alpha value is -1.37. The molecule has 1 atom stereocenters. The average Bonchev–Trinajstić information content (AvgIpc) is 3.21. The summed E-state index contributed by atoms with van der Waals surface area (Å²) in [6, 6.07) is 3.66. The molecule has 0 aromatic carbocycles. The van der Waals surface area contributed by atoms with E-state index in [9.17, 15) is 0 Å². The highest BCUT2D eigenvalue weighted by Gasteiger charge is 2.40. The molecule has 2 aromatic rings. The molecule has 0 radical (unpaired) electrons. The molecular weight excluding hydrogens is 292 g/mol. The molecule has 4 heterocycles. The zero-order valence-corrected chi connectivity index (χ0v) is 12.6. The Bertz CT molecular complexity index is 578. The highest BCUT2D eigenvalue weighted by molar-refractivity contribution is 5.85. The molecule has 1 unspecified atom stereocenters. The van der Waals surface area contributed by atoms with Crippen molar-refractivity contribution in [3.63, 3.8) is 0 Å². The Morgan fingerprint density at radius 3 is 3.10 bits per heavy atom. The molecule has 6 nitrogen and oxygen atoms in total. The summed E-state index contributed by atoms with van der Waals surface area (Å²) in [5.41, 5.74) is 0.476. The molecule has 2 aliphatic heterocycles. The fourth-order valence-electron chi connectivity index (χ4n) is 3.32. The molecule has 2 aromatic heterocycles. The first-order valence-corrected chi connectivity index (χ1v) is 7.13. The van der Waals surface area contributed by atoms with E-state index in [4.69, 9.17) is 8.94 Å². The SMILES string of the molecule is Cl.c1coc(-c2noc(CN3CCC4(CCNC4)C3)n2)c1.